The third-order valence-electron chi connectivity index (χ3n) is 3.18. The van der Waals surface area contributed by atoms with Crippen LogP contribution in [0, 0.1) is 6.92 Å². The Morgan fingerprint density at radius 2 is 2.05 bits per heavy atom. The van der Waals surface area contributed by atoms with Gasteiger partial charge in [-0.25, -0.2) is 0 Å². The van der Waals surface area contributed by atoms with Crippen molar-refractivity contribution in [3.8, 4) is 5.75 Å². The highest BCUT2D eigenvalue weighted by molar-refractivity contribution is 7.99. The Morgan fingerprint density at radius 3 is 2.76 bits per heavy atom. The summed E-state index contributed by atoms with van der Waals surface area (Å²) < 4.78 is 5.40. The molecule has 2 rings (SSSR count). The molecule has 0 radical (unpaired) electrons. The highest BCUT2D eigenvalue weighted by Crippen LogP contribution is 2.25. The molecule has 0 spiro atoms. The quantitative estimate of drug-likeness (QED) is 0.805. The molecule has 0 amide bonds. The minimum atomic E-state index is 0.0738. The van der Waals surface area contributed by atoms with Crippen molar-refractivity contribution >= 4 is 23.4 Å². The molecule has 4 heteroatoms. The van der Waals surface area contributed by atoms with Crippen LogP contribution < -0.4 is 10.5 Å². The van der Waals surface area contributed by atoms with Gasteiger partial charge in [-0.2, -0.15) is 0 Å². The normalized spacial score (nSPS) is 12.2. The van der Waals surface area contributed by atoms with E-state index in [-0.39, 0.29) is 6.04 Å². The van der Waals surface area contributed by atoms with E-state index in [1.165, 1.54) is 5.56 Å². The average Bonchev–Trinajstić information content (AvgIpc) is 2.45. The fourth-order valence-corrected chi connectivity index (χ4v) is 3.33. The molecule has 112 valence electrons. The number of rotatable bonds is 6. The number of halogens is 1. The van der Waals surface area contributed by atoms with Gasteiger partial charge in [0, 0.05) is 21.7 Å². The van der Waals surface area contributed by atoms with Gasteiger partial charge in [0.25, 0.3) is 0 Å². The fraction of sp³-hybridized carbons (Fsp3) is 0.294. The zero-order valence-electron chi connectivity index (χ0n) is 12.3. The molecule has 21 heavy (non-hydrogen) atoms. The number of ether oxygens (including phenoxy) is 1. The second kappa shape index (κ2) is 7.74. The van der Waals surface area contributed by atoms with Crippen molar-refractivity contribution < 1.29 is 4.74 Å². The van der Waals surface area contributed by atoms with E-state index in [2.05, 4.69) is 25.1 Å². The van der Waals surface area contributed by atoms with Crippen molar-refractivity contribution in [1.29, 1.82) is 0 Å². The first-order chi connectivity index (χ1) is 10.1. The van der Waals surface area contributed by atoms with E-state index in [0.29, 0.717) is 0 Å². The molecule has 2 N–H and O–H groups in total. The number of aryl methyl sites for hydroxylation is 1. The van der Waals surface area contributed by atoms with E-state index in [1.54, 1.807) is 18.9 Å². The summed E-state index contributed by atoms with van der Waals surface area (Å²) in [6.45, 7) is 2.08. The zero-order chi connectivity index (χ0) is 15.2. The van der Waals surface area contributed by atoms with Crippen molar-refractivity contribution in [3.05, 3.63) is 58.6 Å². The van der Waals surface area contributed by atoms with E-state index in [1.807, 2.05) is 24.3 Å². The summed E-state index contributed by atoms with van der Waals surface area (Å²) in [5.41, 5.74) is 8.64. The van der Waals surface area contributed by atoms with E-state index in [4.69, 9.17) is 22.1 Å². The van der Waals surface area contributed by atoms with Crippen molar-refractivity contribution in [3.63, 3.8) is 0 Å². The first-order valence-electron chi connectivity index (χ1n) is 6.86. The predicted molar refractivity (Wildman–Crippen MR) is 91.6 cm³/mol. The molecule has 0 saturated heterocycles. The van der Waals surface area contributed by atoms with Gasteiger partial charge in [0.05, 0.1) is 7.11 Å². The maximum Gasteiger partial charge on any atom is 0.122 e. The molecular formula is C17H20ClNOS. The molecule has 0 aliphatic rings. The molecule has 0 heterocycles. The van der Waals surface area contributed by atoms with Crippen LogP contribution in [0.3, 0.4) is 0 Å². The second-order valence-electron chi connectivity index (χ2n) is 5.05. The number of hydrogen-bond donors (Lipinski definition) is 1. The van der Waals surface area contributed by atoms with Crippen LogP contribution in [0.2, 0.25) is 5.02 Å². The van der Waals surface area contributed by atoms with Crippen LogP contribution >= 0.6 is 23.4 Å². The maximum atomic E-state index is 6.26. The summed E-state index contributed by atoms with van der Waals surface area (Å²) >= 11 is 7.72. The molecule has 2 aromatic carbocycles. The molecule has 0 fully saturated rings. The number of nitrogens with two attached hydrogens (primary N) is 1. The molecule has 1 atom stereocenters. The van der Waals surface area contributed by atoms with Gasteiger partial charge >= 0.3 is 0 Å². The number of thioether (sulfide) groups is 1. The third-order valence-corrected chi connectivity index (χ3v) is 4.60. The predicted octanol–water partition coefficient (Wildman–Crippen LogP) is 4.32. The SMILES string of the molecule is COc1ccc(C)cc1CC(N)CSc1cccc(Cl)c1. The largest absolute Gasteiger partial charge is 0.496 e. The number of methoxy groups -OCH3 is 1. The fourth-order valence-electron chi connectivity index (χ4n) is 2.17. The van der Waals surface area contributed by atoms with Gasteiger partial charge < -0.3 is 10.5 Å². The van der Waals surface area contributed by atoms with Crippen LogP contribution in [0.15, 0.2) is 47.4 Å². The molecule has 0 bridgehead atoms. The highest BCUT2D eigenvalue weighted by atomic mass is 35.5. The monoisotopic (exact) mass is 321 g/mol. The van der Waals surface area contributed by atoms with Crippen molar-refractivity contribution in [2.45, 2.75) is 24.3 Å². The lowest BCUT2D eigenvalue weighted by molar-refractivity contribution is 0.408. The van der Waals surface area contributed by atoms with Crippen LogP contribution in [0.25, 0.3) is 0 Å². The summed E-state index contributed by atoms with van der Waals surface area (Å²) in [5.74, 6) is 1.75. The lowest BCUT2D eigenvalue weighted by Crippen LogP contribution is -2.25. The van der Waals surface area contributed by atoms with Crippen LogP contribution in [0.5, 0.6) is 5.75 Å². The molecule has 0 saturated carbocycles. The maximum absolute atomic E-state index is 6.26. The van der Waals surface area contributed by atoms with Crippen molar-refractivity contribution in [1.82, 2.24) is 0 Å². The Bertz CT molecular complexity index is 603. The molecule has 1 unspecified atom stereocenters. The van der Waals surface area contributed by atoms with Crippen LogP contribution in [0.4, 0.5) is 0 Å². The average molecular weight is 322 g/mol. The molecule has 2 aromatic rings. The van der Waals surface area contributed by atoms with Crippen LogP contribution in [-0.2, 0) is 6.42 Å². The third kappa shape index (κ3) is 4.95. The Hall–Kier alpha value is -1.16. The summed E-state index contributed by atoms with van der Waals surface area (Å²) in [7, 11) is 1.69. The summed E-state index contributed by atoms with van der Waals surface area (Å²) in [4.78, 5) is 1.15. The first kappa shape index (κ1) is 16.2. The van der Waals surface area contributed by atoms with E-state index in [9.17, 15) is 0 Å². The van der Waals surface area contributed by atoms with Gasteiger partial charge in [-0.1, -0.05) is 35.4 Å². The Balaban J connectivity index is 1.95. The lowest BCUT2D eigenvalue weighted by Gasteiger charge is -2.15. The molecule has 0 aliphatic carbocycles. The second-order valence-corrected chi connectivity index (χ2v) is 6.58. The van der Waals surface area contributed by atoms with E-state index < -0.39 is 0 Å². The van der Waals surface area contributed by atoms with E-state index >= 15 is 0 Å². The van der Waals surface area contributed by atoms with Gasteiger partial charge in [0.1, 0.15) is 5.75 Å². The van der Waals surface area contributed by atoms with Gasteiger partial charge in [0.2, 0.25) is 0 Å². The van der Waals surface area contributed by atoms with E-state index in [0.717, 1.165) is 33.4 Å². The van der Waals surface area contributed by atoms with Crippen LogP contribution in [0.1, 0.15) is 11.1 Å². The standard InChI is InChI=1S/C17H20ClNOS/c1-12-6-7-17(20-2)13(8-12)9-15(19)11-21-16-5-3-4-14(18)10-16/h3-8,10,15H,9,11,19H2,1-2H3. The summed E-state index contributed by atoms with van der Waals surface area (Å²) in [6, 6.07) is 14.1. The molecule has 2 nitrogen and oxygen atoms in total. The minimum Gasteiger partial charge on any atom is -0.496 e. The Morgan fingerprint density at radius 1 is 1.24 bits per heavy atom. The van der Waals surface area contributed by atoms with Crippen molar-refractivity contribution in [2.75, 3.05) is 12.9 Å². The first-order valence-corrected chi connectivity index (χ1v) is 8.22. The summed E-state index contributed by atoms with van der Waals surface area (Å²) in [5, 5.41) is 0.758. The zero-order valence-corrected chi connectivity index (χ0v) is 13.9. The van der Waals surface area contributed by atoms with Gasteiger partial charge in [-0.05, 0) is 43.2 Å². The van der Waals surface area contributed by atoms with Gasteiger partial charge in [0.15, 0.2) is 0 Å². The number of benzene rings is 2. The van der Waals surface area contributed by atoms with Crippen LogP contribution in [-0.4, -0.2) is 18.9 Å². The molecule has 0 aromatic heterocycles. The molecular weight excluding hydrogens is 302 g/mol. The number of hydrogen-bond acceptors (Lipinski definition) is 3. The highest BCUT2D eigenvalue weighted by Gasteiger charge is 2.10. The van der Waals surface area contributed by atoms with Crippen molar-refractivity contribution in [2.24, 2.45) is 5.73 Å². The topological polar surface area (TPSA) is 35.2 Å². The van der Waals surface area contributed by atoms with Gasteiger partial charge in [-0.3, -0.25) is 0 Å². The Labute approximate surface area is 135 Å². The smallest absolute Gasteiger partial charge is 0.122 e. The Kier molecular flexibility index (Phi) is 5.97. The van der Waals surface area contributed by atoms with Gasteiger partial charge in [-0.15, -0.1) is 11.8 Å². The lowest BCUT2D eigenvalue weighted by atomic mass is 10.0. The summed E-state index contributed by atoms with van der Waals surface area (Å²) in [6.07, 6.45) is 0.804. The minimum absolute atomic E-state index is 0.0738. The molecule has 0 aliphatic heterocycles.